The van der Waals surface area contributed by atoms with Crippen LogP contribution in [-0.4, -0.2) is 75.6 Å². The van der Waals surface area contributed by atoms with Crippen molar-refractivity contribution in [3.8, 4) is 0 Å². The molecule has 0 radical (unpaired) electrons. The first-order chi connectivity index (χ1) is 25.6. The molecule has 2 atom stereocenters. The summed E-state index contributed by atoms with van der Waals surface area (Å²) in [6, 6.07) is 0. The van der Waals surface area contributed by atoms with E-state index in [2.05, 4.69) is 13.8 Å². The number of carbonyl (C=O) groups is 1. The van der Waals surface area contributed by atoms with E-state index in [1.807, 2.05) is 21.1 Å². The topological polar surface area (TPSA) is 91.3 Å². The number of nitrogens with zero attached hydrogens (tertiary/aromatic N) is 1. The van der Waals surface area contributed by atoms with E-state index in [4.69, 9.17) is 18.5 Å². The zero-order chi connectivity index (χ0) is 39.1. The van der Waals surface area contributed by atoms with Crippen LogP contribution in [-0.2, 0) is 27.9 Å². The van der Waals surface area contributed by atoms with E-state index in [9.17, 15) is 14.3 Å². The van der Waals surface area contributed by atoms with Gasteiger partial charge in [-0.2, -0.15) is 0 Å². The Balaban J connectivity index is 4.17. The number of quaternary nitrogens is 1. The van der Waals surface area contributed by atoms with E-state index in [0.29, 0.717) is 24.1 Å². The molecule has 0 fully saturated rings. The van der Waals surface area contributed by atoms with Crippen LogP contribution in [0.5, 0.6) is 0 Å². The number of esters is 1. The number of rotatable bonds is 43. The van der Waals surface area contributed by atoms with Gasteiger partial charge < -0.3 is 18.9 Å². The van der Waals surface area contributed by atoms with Crippen LogP contribution >= 0.6 is 7.82 Å². The second-order valence-electron chi connectivity index (χ2n) is 16.8. The number of hydrogen-bond acceptors (Lipinski definition) is 6. The van der Waals surface area contributed by atoms with Crippen molar-refractivity contribution in [2.75, 3.05) is 54.1 Å². The summed E-state index contributed by atoms with van der Waals surface area (Å²) in [7, 11) is 1.69. The Labute approximate surface area is 329 Å². The molecule has 0 amide bonds. The SMILES string of the molecule is CCCCCCCCCCCCCCCCCCOC[C@H](COP(=O)(O)OCC[N+](C)(C)C)OC(=O)CCCCCCCCCCCCCCCCC. The van der Waals surface area contributed by atoms with Crippen LogP contribution in [0.4, 0.5) is 0 Å². The first kappa shape index (κ1) is 52.5. The van der Waals surface area contributed by atoms with Crippen LogP contribution in [0.2, 0.25) is 0 Å². The van der Waals surface area contributed by atoms with Crippen LogP contribution in [0, 0.1) is 0 Å². The normalized spacial score (nSPS) is 13.7. The molecule has 9 heteroatoms. The van der Waals surface area contributed by atoms with Crippen molar-refractivity contribution in [2.45, 2.75) is 225 Å². The van der Waals surface area contributed by atoms with Gasteiger partial charge in [-0.3, -0.25) is 13.8 Å². The molecule has 0 aromatic heterocycles. The van der Waals surface area contributed by atoms with Crippen molar-refractivity contribution >= 4 is 13.8 Å². The lowest BCUT2D eigenvalue weighted by molar-refractivity contribution is -0.870. The Bertz CT molecular complexity index is 822. The molecule has 0 rings (SSSR count). The Kier molecular flexibility index (Phi) is 38.0. The number of ether oxygens (including phenoxy) is 2. The molecular weight excluding hydrogens is 685 g/mol. The number of phosphoric acid groups is 1. The molecule has 53 heavy (non-hydrogen) atoms. The summed E-state index contributed by atoms with van der Waals surface area (Å²) in [5.74, 6) is -0.307. The third-order valence-corrected chi connectivity index (χ3v) is 11.2. The van der Waals surface area contributed by atoms with Crippen molar-refractivity contribution in [3.05, 3.63) is 0 Å². The van der Waals surface area contributed by atoms with Gasteiger partial charge in [0.2, 0.25) is 0 Å². The van der Waals surface area contributed by atoms with Crippen LogP contribution < -0.4 is 0 Å². The van der Waals surface area contributed by atoms with E-state index in [0.717, 1.165) is 32.1 Å². The predicted molar refractivity (Wildman–Crippen MR) is 224 cm³/mol. The maximum atomic E-state index is 12.7. The summed E-state index contributed by atoms with van der Waals surface area (Å²) >= 11 is 0. The molecule has 1 N–H and O–H groups in total. The molecule has 0 aromatic rings. The third-order valence-electron chi connectivity index (χ3n) is 10.2. The highest BCUT2D eigenvalue weighted by molar-refractivity contribution is 7.47. The van der Waals surface area contributed by atoms with Gasteiger partial charge in [0, 0.05) is 13.0 Å². The molecule has 0 bridgehead atoms. The average molecular weight is 777 g/mol. The van der Waals surface area contributed by atoms with Crippen LogP contribution in [0.15, 0.2) is 0 Å². The lowest BCUT2D eigenvalue weighted by Crippen LogP contribution is -2.37. The highest BCUT2D eigenvalue weighted by Gasteiger charge is 2.26. The molecule has 318 valence electrons. The lowest BCUT2D eigenvalue weighted by atomic mass is 10.0. The Hall–Kier alpha value is -0.500. The third kappa shape index (κ3) is 42.5. The second kappa shape index (κ2) is 38.4. The van der Waals surface area contributed by atoms with Crippen molar-refractivity contribution in [2.24, 2.45) is 0 Å². The number of unbranched alkanes of at least 4 members (excludes halogenated alkanes) is 29. The molecule has 0 heterocycles. The maximum absolute atomic E-state index is 12.7. The molecule has 0 aliphatic heterocycles. The summed E-state index contributed by atoms with van der Waals surface area (Å²) in [6.07, 6.45) is 39.8. The van der Waals surface area contributed by atoms with Gasteiger partial charge in [-0.25, -0.2) is 4.57 Å². The maximum Gasteiger partial charge on any atom is 0.472 e. The molecule has 0 saturated carbocycles. The molecular formula is C44H91NO7P+. The number of hydrogen-bond donors (Lipinski definition) is 1. The summed E-state index contributed by atoms with van der Waals surface area (Å²) in [6.45, 7) is 5.68. The van der Waals surface area contributed by atoms with Gasteiger partial charge in [-0.15, -0.1) is 0 Å². The van der Waals surface area contributed by atoms with E-state index < -0.39 is 13.9 Å². The summed E-state index contributed by atoms with van der Waals surface area (Å²) < 4.78 is 35.0. The first-order valence-corrected chi connectivity index (χ1v) is 24.3. The smallest absolute Gasteiger partial charge is 0.457 e. The van der Waals surface area contributed by atoms with Crippen molar-refractivity contribution in [3.63, 3.8) is 0 Å². The molecule has 0 saturated heterocycles. The minimum Gasteiger partial charge on any atom is -0.457 e. The van der Waals surface area contributed by atoms with Gasteiger partial charge >= 0.3 is 13.8 Å². The Morgan fingerprint density at radius 3 is 1.25 bits per heavy atom. The fourth-order valence-corrected chi connectivity index (χ4v) is 7.35. The number of likely N-dealkylation sites (N-methyl/N-ethyl adjacent to an activating group) is 1. The summed E-state index contributed by atoms with van der Waals surface area (Å²) in [4.78, 5) is 22.9. The van der Waals surface area contributed by atoms with E-state index in [-0.39, 0.29) is 25.8 Å². The molecule has 0 aliphatic carbocycles. The van der Waals surface area contributed by atoms with Crippen molar-refractivity contribution < 1.29 is 37.3 Å². The molecule has 0 aliphatic rings. The minimum atomic E-state index is -4.26. The lowest BCUT2D eigenvalue weighted by Gasteiger charge is -2.24. The number of phosphoric ester groups is 1. The molecule has 0 spiro atoms. The van der Waals surface area contributed by atoms with Gasteiger partial charge in [-0.1, -0.05) is 200 Å². The van der Waals surface area contributed by atoms with E-state index in [1.165, 1.54) is 167 Å². The van der Waals surface area contributed by atoms with Gasteiger partial charge in [0.15, 0.2) is 0 Å². The highest BCUT2D eigenvalue weighted by atomic mass is 31.2. The fraction of sp³-hybridized carbons (Fsp3) is 0.977. The first-order valence-electron chi connectivity index (χ1n) is 22.8. The van der Waals surface area contributed by atoms with Gasteiger partial charge in [0.1, 0.15) is 19.3 Å². The van der Waals surface area contributed by atoms with Gasteiger partial charge in [-0.05, 0) is 12.8 Å². The van der Waals surface area contributed by atoms with Crippen molar-refractivity contribution in [1.82, 2.24) is 0 Å². The molecule has 1 unspecified atom stereocenters. The standard InChI is InChI=1S/C44H90NO7P/c1-6-8-10-12-14-16-18-20-22-24-26-28-30-32-34-36-39-49-41-43(42-51-53(47,48)50-40-38-45(3,4)5)52-44(46)37-35-33-31-29-27-25-23-21-19-17-15-13-11-9-7-2/h43H,6-42H2,1-5H3/p+1/t43-/m1/s1. The fourth-order valence-electron chi connectivity index (χ4n) is 6.61. The van der Waals surface area contributed by atoms with E-state index in [1.54, 1.807) is 0 Å². The Morgan fingerprint density at radius 1 is 0.509 bits per heavy atom. The van der Waals surface area contributed by atoms with Crippen LogP contribution in [0.3, 0.4) is 0 Å². The molecule has 8 nitrogen and oxygen atoms in total. The van der Waals surface area contributed by atoms with Crippen LogP contribution in [0.25, 0.3) is 0 Å². The largest absolute Gasteiger partial charge is 0.472 e. The highest BCUT2D eigenvalue weighted by Crippen LogP contribution is 2.43. The van der Waals surface area contributed by atoms with E-state index >= 15 is 0 Å². The second-order valence-corrected chi connectivity index (χ2v) is 18.3. The van der Waals surface area contributed by atoms with Crippen LogP contribution in [0.1, 0.15) is 219 Å². The average Bonchev–Trinajstić information content (AvgIpc) is 3.11. The summed E-state index contributed by atoms with van der Waals surface area (Å²) in [5, 5.41) is 0. The monoisotopic (exact) mass is 777 g/mol. The zero-order valence-electron chi connectivity index (χ0n) is 36.0. The summed E-state index contributed by atoms with van der Waals surface area (Å²) in [5.41, 5.74) is 0. The molecule has 0 aromatic carbocycles. The zero-order valence-corrected chi connectivity index (χ0v) is 36.9. The van der Waals surface area contributed by atoms with Gasteiger partial charge in [0.25, 0.3) is 0 Å². The quantitative estimate of drug-likeness (QED) is 0.0285. The minimum absolute atomic E-state index is 0.0939. The number of carbonyl (C=O) groups excluding carboxylic acids is 1. The van der Waals surface area contributed by atoms with Gasteiger partial charge in [0.05, 0.1) is 34.4 Å². The van der Waals surface area contributed by atoms with Crippen molar-refractivity contribution in [1.29, 1.82) is 0 Å². The predicted octanol–water partition coefficient (Wildman–Crippen LogP) is 13.3. The Morgan fingerprint density at radius 2 is 0.868 bits per heavy atom.